The standard InChI is InChI=1S/C6H8N2O2S/c7-4(1-6(9)10)5-2-11-3-8-5/h2-4H,1,7H2,(H,9,10)/t4-/m1/s1. The molecule has 1 rings (SSSR count). The quantitative estimate of drug-likeness (QED) is 0.700. The van der Waals surface area contributed by atoms with Crippen molar-refractivity contribution in [3.8, 4) is 0 Å². The monoisotopic (exact) mass is 172 g/mol. The third-order valence-electron chi connectivity index (χ3n) is 1.23. The molecule has 0 bridgehead atoms. The Morgan fingerprint density at radius 2 is 2.64 bits per heavy atom. The van der Waals surface area contributed by atoms with Gasteiger partial charge >= 0.3 is 5.97 Å². The van der Waals surface area contributed by atoms with Crippen LogP contribution in [0.15, 0.2) is 10.9 Å². The van der Waals surface area contributed by atoms with E-state index in [1.807, 2.05) is 0 Å². The van der Waals surface area contributed by atoms with Crippen molar-refractivity contribution in [2.75, 3.05) is 0 Å². The molecule has 0 aliphatic heterocycles. The van der Waals surface area contributed by atoms with E-state index in [0.29, 0.717) is 5.69 Å². The van der Waals surface area contributed by atoms with Gasteiger partial charge in [0.2, 0.25) is 0 Å². The summed E-state index contributed by atoms with van der Waals surface area (Å²) in [4.78, 5) is 14.1. The van der Waals surface area contributed by atoms with E-state index in [2.05, 4.69) is 4.98 Å². The van der Waals surface area contributed by atoms with E-state index in [4.69, 9.17) is 10.8 Å². The summed E-state index contributed by atoms with van der Waals surface area (Å²) in [6, 6.07) is -0.473. The summed E-state index contributed by atoms with van der Waals surface area (Å²) in [6.45, 7) is 0. The summed E-state index contributed by atoms with van der Waals surface area (Å²) in [5.41, 5.74) is 7.79. The maximum absolute atomic E-state index is 10.2. The van der Waals surface area contributed by atoms with Crippen LogP contribution in [0.1, 0.15) is 18.2 Å². The average Bonchev–Trinajstić information content (AvgIpc) is 2.35. The number of aliphatic carboxylic acids is 1. The largest absolute Gasteiger partial charge is 0.481 e. The zero-order valence-electron chi connectivity index (χ0n) is 5.73. The van der Waals surface area contributed by atoms with Crippen LogP contribution < -0.4 is 5.73 Å². The van der Waals surface area contributed by atoms with Gasteiger partial charge in [0.25, 0.3) is 0 Å². The van der Waals surface area contributed by atoms with Crippen LogP contribution in [0.5, 0.6) is 0 Å². The molecule has 4 nitrogen and oxygen atoms in total. The predicted octanol–water partition coefficient (Wildman–Crippen LogP) is 0.618. The highest BCUT2D eigenvalue weighted by Crippen LogP contribution is 2.12. The molecule has 0 aliphatic carbocycles. The third kappa shape index (κ3) is 2.28. The van der Waals surface area contributed by atoms with Crippen molar-refractivity contribution in [1.29, 1.82) is 0 Å². The van der Waals surface area contributed by atoms with Crippen molar-refractivity contribution >= 4 is 17.3 Å². The highest BCUT2D eigenvalue weighted by Gasteiger charge is 2.11. The van der Waals surface area contributed by atoms with Crippen LogP contribution in [-0.2, 0) is 4.79 Å². The van der Waals surface area contributed by atoms with Gasteiger partial charge in [-0.1, -0.05) is 0 Å². The van der Waals surface area contributed by atoms with Crippen molar-refractivity contribution < 1.29 is 9.90 Å². The zero-order valence-corrected chi connectivity index (χ0v) is 6.54. The third-order valence-corrected chi connectivity index (χ3v) is 1.83. The number of nitrogens with two attached hydrogens (primary N) is 1. The summed E-state index contributed by atoms with van der Waals surface area (Å²) in [5, 5.41) is 10.1. The molecule has 0 spiro atoms. The molecule has 1 aromatic rings. The van der Waals surface area contributed by atoms with Gasteiger partial charge in [-0.3, -0.25) is 4.79 Å². The summed E-state index contributed by atoms with van der Waals surface area (Å²) in [5.74, 6) is -0.898. The van der Waals surface area contributed by atoms with Crippen molar-refractivity contribution in [2.24, 2.45) is 5.73 Å². The number of hydrogen-bond donors (Lipinski definition) is 2. The second-order valence-corrected chi connectivity index (χ2v) is 2.84. The lowest BCUT2D eigenvalue weighted by atomic mass is 10.2. The Bertz CT molecular complexity index is 235. The van der Waals surface area contributed by atoms with Gasteiger partial charge in [-0.05, 0) is 0 Å². The van der Waals surface area contributed by atoms with Gasteiger partial charge < -0.3 is 10.8 Å². The van der Waals surface area contributed by atoms with Crippen LogP contribution in [0.4, 0.5) is 0 Å². The van der Waals surface area contributed by atoms with Crippen LogP contribution in [0.2, 0.25) is 0 Å². The van der Waals surface area contributed by atoms with Crippen LogP contribution >= 0.6 is 11.3 Å². The summed E-state index contributed by atoms with van der Waals surface area (Å²) < 4.78 is 0. The number of rotatable bonds is 3. The van der Waals surface area contributed by atoms with Crippen molar-refractivity contribution in [2.45, 2.75) is 12.5 Å². The predicted molar refractivity (Wildman–Crippen MR) is 41.3 cm³/mol. The SMILES string of the molecule is N[C@H](CC(=O)O)c1cscn1. The second-order valence-electron chi connectivity index (χ2n) is 2.12. The normalized spacial score (nSPS) is 12.8. The highest BCUT2D eigenvalue weighted by atomic mass is 32.1. The summed E-state index contributed by atoms with van der Waals surface area (Å²) in [6.07, 6.45) is -0.0657. The molecule has 60 valence electrons. The van der Waals surface area contributed by atoms with E-state index in [1.54, 1.807) is 10.9 Å². The maximum atomic E-state index is 10.2. The van der Waals surface area contributed by atoms with Gasteiger partial charge in [0.05, 0.1) is 23.7 Å². The van der Waals surface area contributed by atoms with E-state index in [-0.39, 0.29) is 6.42 Å². The van der Waals surface area contributed by atoms with E-state index in [1.165, 1.54) is 11.3 Å². The van der Waals surface area contributed by atoms with Gasteiger partial charge in [0, 0.05) is 5.38 Å². The zero-order chi connectivity index (χ0) is 8.27. The second kappa shape index (κ2) is 3.45. The smallest absolute Gasteiger partial charge is 0.305 e. The Kier molecular flexibility index (Phi) is 2.56. The number of aromatic nitrogens is 1. The first-order valence-corrected chi connectivity index (χ1v) is 4.00. The molecule has 1 aromatic heterocycles. The van der Waals surface area contributed by atoms with Gasteiger partial charge in [0.1, 0.15) is 0 Å². The molecule has 5 heteroatoms. The highest BCUT2D eigenvalue weighted by molar-refractivity contribution is 7.07. The molecule has 0 aliphatic rings. The van der Waals surface area contributed by atoms with E-state index in [0.717, 1.165) is 0 Å². The van der Waals surface area contributed by atoms with E-state index < -0.39 is 12.0 Å². The first-order valence-electron chi connectivity index (χ1n) is 3.05. The number of thiazole rings is 1. The molecule has 1 heterocycles. The van der Waals surface area contributed by atoms with Crippen LogP contribution in [0, 0.1) is 0 Å². The van der Waals surface area contributed by atoms with Crippen LogP contribution in [-0.4, -0.2) is 16.1 Å². The number of hydrogen-bond acceptors (Lipinski definition) is 4. The Morgan fingerprint density at radius 1 is 1.91 bits per heavy atom. The Balaban J connectivity index is 2.56. The summed E-state index contributed by atoms with van der Waals surface area (Å²) in [7, 11) is 0. The molecule has 0 amide bonds. The summed E-state index contributed by atoms with van der Waals surface area (Å²) >= 11 is 1.41. The minimum Gasteiger partial charge on any atom is -0.481 e. The molecule has 0 unspecified atom stereocenters. The fourth-order valence-corrected chi connectivity index (χ4v) is 1.32. The minimum atomic E-state index is -0.898. The van der Waals surface area contributed by atoms with E-state index in [9.17, 15) is 4.79 Å². The number of carbonyl (C=O) groups is 1. The Labute approximate surface area is 67.7 Å². The van der Waals surface area contributed by atoms with E-state index >= 15 is 0 Å². The van der Waals surface area contributed by atoms with Crippen LogP contribution in [0.3, 0.4) is 0 Å². The Hall–Kier alpha value is -0.940. The first-order chi connectivity index (χ1) is 5.20. The number of carboxylic acids is 1. The molecule has 0 aromatic carbocycles. The molecule has 0 fully saturated rings. The van der Waals surface area contributed by atoms with Gasteiger partial charge in [-0.25, -0.2) is 4.98 Å². The molecule has 11 heavy (non-hydrogen) atoms. The van der Waals surface area contributed by atoms with Gasteiger partial charge in [-0.2, -0.15) is 0 Å². The molecule has 0 saturated carbocycles. The fourth-order valence-electron chi connectivity index (χ4n) is 0.698. The number of carboxylic acid groups (broad SMARTS) is 1. The topological polar surface area (TPSA) is 76.2 Å². The molecule has 3 N–H and O–H groups in total. The fraction of sp³-hybridized carbons (Fsp3) is 0.333. The van der Waals surface area contributed by atoms with Crippen molar-refractivity contribution in [3.63, 3.8) is 0 Å². The van der Waals surface area contributed by atoms with Gasteiger partial charge in [-0.15, -0.1) is 11.3 Å². The minimum absolute atomic E-state index is 0.0657. The van der Waals surface area contributed by atoms with Gasteiger partial charge in [0.15, 0.2) is 0 Å². The Morgan fingerprint density at radius 3 is 3.09 bits per heavy atom. The molecule has 0 saturated heterocycles. The van der Waals surface area contributed by atoms with Crippen molar-refractivity contribution in [1.82, 2.24) is 4.98 Å². The maximum Gasteiger partial charge on any atom is 0.305 e. The van der Waals surface area contributed by atoms with Crippen LogP contribution in [0.25, 0.3) is 0 Å². The lowest BCUT2D eigenvalue weighted by Crippen LogP contribution is -2.15. The van der Waals surface area contributed by atoms with Crippen molar-refractivity contribution in [3.05, 3.63) is 16.6 Å². The number of nitrogens with zero attached hydrogens (tertiary/aromatic N) is 1. The lowest BCUT2D eigenvalue weighted by molar-refractivity contribution is -0.137. The molecular formula is C6H8N2O2S. The lowest BCUT2D eigenvalue weighted by Gasteiger charge is -2.03. The average molecular weight is 172 g/mol. The molecule has 1 atom stereocenters. The first kappa shape index (κ1) is 8.16. The molecular weight excluding hydrogens is 164 g/mol. The molecule has 0 radical (unpaired) electrons.